The molecule has 2 heteroatoms. The Hall–Kier alpha value is -0.860. The maximum absolute atomic E-state index is 5.62. The molecule has 1 aromatic carbocycles. The fourth-order valence-corrected chi connectivity index (χ4v) is 1.38. The molecular formula is C13H21NO. The standard InChI is InChI=1S/C13H21NO/c1-3-9-14-12(2)10-15-11-13-7-5-4-6-8-13/h4-8,12,14H,3,9-11H2,1-2H3. The summed E-state index contributed by atoms with van der Waals surface area (Å²) in [5.41, 5.74) is 1.24. The smallest absolute Gasteiger partial charge is 0.0717 e. The van der Waals surface area contributed by atoms with Crippen LogP contribution in [0.15, 0.2) is 30.3 Å². The number of rotatable bonds is 7. The van der Waals surface area contributed by atoms with Crippen LogP contribution in [-0.2, 0) is 11.3 Å². The van der Waals surface area contributed by atoms with E-state index < -0.39 is 0 Å². The van der Waals surface area contributed by atoms with Gasteiger partial charge in [-0.15, -0.1) is 0 Å². The van der Waals surface area contributed by atoms with Gasteiger partial charge in [0.15, 0.2) is 0 Å². The predicted octanol–water partition coefficient (Wildman–Crippen LogP) is 2.59. The van der Waals surface area contributed by atoms with Gasteiger partial charge in [-0.3, -0.25) is 0 Å². The van der Waals surface area contributed by atoms with Crippen molar-refractivity contribution in [1.29, 1.82) is 0 Å². The van der Waals surface area contributed by atoms with E-state index in [1.165, 1.54) is 12.0 Å². The quantitative estimate of drug-likeness (QED) is 0.742. The van der Waals surface area contributed by atoms with Crippen LogP contribution in [-0.4, -0.2) is 19.2 Å². The minimum Gasteiger partial charge on any atom is -0.375 e. The van der Waals surface area contributed by atoms with Crippen molar-refractivity contribution in [2.45, 2.75) is 32.9 Å². The van der Waals surface area contributed by atoms with Crippen LogP contribution in [0.5, 0.6) is 0 Å². The molecule has 0 saturated heterocycles. The Morgan fingerprint density at radius 1 is 1.27 bits per heavy atom. The lowest BCUT2D eigenvalue weighted by Gasteiger charge is -2.13. The van der Waals surface area contributed by atoms with Gasteiger partial charge in [0, 0.05) is 6.04 Å². The van der Waals surface area contributed by atoms with E-state index >= 15 is 0 Å². The second-order valence-corrected chi connectivity index (χ2v) is 3.86. The van der Waals surface area contributed by atoms with Crippen molar-refractivity contribution in [1.82, 2.24) is 5.32 Å². The van der Waals surface area contributed by atoms with Crippen LogP contribution < -0.4 is 5.32 Å². The first-order chi connectivity index (χ1) is 7.33. The Kier molecular flexibility index (Phi) is 6.05. The van der Waals surface area contributed by atoms with E-state index in [1.807, 2.05) is 18.2 Å². The minimum atomic E-state index is 0.439. The second kappa shape index (κ2) is 7.43. The lowest BCUT2D eigenvalue weighted by Crippen LogP contribution is -2.30. The highest BCUT2D eigenvalue weighted by atomic mass is 16.5. The zero-order chi connectivity index (χ0) is 10.9. The molecule has 0 spiro atoms. The molecule has 1 unspecified atom stereocenters. The molecular weight excluding hydrogens is 186 g/mol. The Morgan fingerprint density at radius 2 is 2.00 bits per heavy atom. The van der Waals surface area contributed by atoms with Crippen LogP contribution in [0.3, 0.4) is 0 Å². The number of nitrogens with one attached hydrogen (secondary N) is 1. The lowest BCUT2D eigenvalue weighted by atomic mass is 10.2. The zero-order valence-electron chi connectivity index (χ0n) is 9.70. The van der Waals surface area contributed by atoms with Crippen LogP contribution in [0.1, 0.15) is 25.8 Å². The molecule has 0 aliphatic heterocycles. The summed E-state index contributed by atoms with van der Waals surface area (Å²) in [6.07, 6.45) is 1.17. The first-order valence-corrected chi connectivity index (χ1v) is 5.68. The highest BCUT2D eigenvalue weighted by Gasteiger charge is 1.99. The molecule has 1 rings (SSSR count). The third-order valence-electron chi connectivity index (χ3n) is 2.22. The van der Waals surface area contributed by atoms with Gasteiger partial charge in [0.25, 0.3) is 0 Å². The van der Waals surface area contributed by atoms with E-state index in [0.717, 1.165) is 13.2 Å². The number of ether oxygens (including phenoxy) is 1. The first kappa shape index (κ1) is 12.2. The fraction of sp³-hybridized carbons (Fsp3) is 0.538. The average Bonchev–Trinajstić information content (AvgIpc) is 2.28. The fourth-order valence-electron chi connectivity index (χ4n) is 1.38. The maximum Gasteiger partial charge on any atom is 0.0717 e. The van der Waals surface area contributed by atoms with E-state index in [1.54, 1.807) is 0 Å². The molecule has 0 aliphatic carbocycles. The van der Waals surface area contributed by atoms with E-state index in [-0.39, 0.29) is 0 Å². The molecule has 0 bridgehead atoms. The van der Waals surface area contributed by atoms with Gasteiger partial charge < -0.3 is 10.1 Å². The molecule has 1 aromatic rings. The Morgan fingerprint density at radius 3 is 2.67 bits per heavy atom. The summed E-state index contributed by atoms with van der Waals surface area (Å²) in [6.45, 7) is 6.87. The van der Waals surface area contributed by atoms with Crippen LogP contribution in [0.4, 0.5) is 0 Å². The minimum absolute atomic E-state index is 0.439. The molecule has 15 heavy (non-hydrogen) atoms. The number of hydrogen-bond acceptors (Lipinski definition) is 2. The normalized spacial score (nSPS) is 12.7. The first-order valence-electron chi connectivity index (χ1n) is 5.68. The Labute approximate surface area is 92.6 Å². The summed E-state index contributed by atoms with van der Waals surface area (Å²) >= 11 is 0. The van der Waals surface area contributed by atoms with E-state index in [9.17, 15) is 0 Å². The average molecular weight is 207 g/mol. The van der Waals surface area contributed by atoms with Gasteiger partial charge in [0.2, 0.25) is 0 Å². The third kappa shape index (κ3) is 5.55. The molecule has 84 valence electrons. The van der Waals surface area contributed by atoms with Crippen molar-refractivity contribution in [3.05, 3.63) is 35.9 Å². The van der Waals surface area contributed by atoms with Crippen LogP contribution in [0.25, 0.3) is 0 Å². The van der Waals surface area contributed by atoms with E-state index in [2.05, 4.69) is 31.3 Å². The monoisotopic (exact) mass is 207 g/mol. The summed E-state index contributed by atoms with van der Waals surface area (Å²) in [7, 11) is 0. The van der Waals surface area contributed by atoms with Gasteiger partial charge in [-0.2, -0.15) is 0 Å². The van der Waals surface area contributed by atoms with Crippen molar-refractivity contribution in [3.8, 4) is 0 Å². The molecule has 0 heterocycles. The summed E-state index contributed by atoms with van der Waals surface area (Å²) < 4.78 is 5.62. The topological polar surface area (TPSA) is 21.3 Å². The number of hydrogen-bond donors (Lipinski definition) is 1. The molecule has 0 saturated carbocycles. The second-order valence-electron chi connectivity index (χ2n) is 3.86. The van der Waals surface area contributed by atoms with Crippen LogP contribution >= 0.6 is 0 Å². The van der Waals surface area contributed by atoms with Crippen molar-refractivity contribution in [2.24, 2.45) is 0 Å². The number of benzene rings is 1. The molecule has 0 amide bonds. The Bertz CT molecular complexity index is 248. The lowest BCUT2D eigenvalue weighted by molar-refractivity contribution is 0.103. The summed E-state index contributed by atoms with van der Waals surface area (Å²) in [4.78, 5) is 0. The van der Waals surface area contributed by atoms with E-state index in [0.29, 0.717) is 12.6 Å². The third-order valence-corrected chi connectivity index (χ3v) is 2.22. The molecule has 0 radical (unpaired) electrons. The summed E-state index contributed by atoms with van der Waals surface area (Å²) in [5.74, 6) is 0. The largest absolute Gasteiger partial charge is 0.375 e. The van der Waals surface area contributed by atoms with Crippen molar-refractivity contribution < 1.29 is 4.74 Å². The van der Waals surface area contributed by atoms with Crippen molar-refractivity contribution >= 4 is 0 Å². The summed E-state index contributed by atoms with van der Waals surface area (Å²) in [6, 6.07) is 10.7. The van der Waals surface area contributed by atoms with Crippen LogP contribution in [0.2, 0.25) is 0 Å². The highest BCUT2D eigenvalue weighted by Crippen LogP contribution is 2.00. The van der Waals surface area contributed by atoms with Gasteiger partial charge in [-0.1, -0.05) is 37.3 Å². The van der Waals surface area contributed by atoms with Gasteiger partial charge in [-0.05, 0) is 25.5 Å². The molecule has 0 fully saturated rings. The SMILES string of the molecule is CCCNC(C)COCc1ccccc1. The van der Waals surface area contributed by atoms with Crippen LogP contribution in [0, 0.1) is 0 Å². The molecule has 1 N–H and O–H groups in total. The van der Waals surface area contributed by atoms with E-state index in [4.69, 9.17) is 4.74 Å². The molecule has 0 aromatic heterocycles. The predicted molar refractivity (Wildman–Crippen MR) is 63.9 cm³/mol. The van der Waals surface area contributed by atoms with Crippen molar-refractivity contribution in [2.75, 3.05) is 13.2 Å². The molecule has 1 atom stereocenters. The summed E-state index contributed by atoms with van der Waals surface area (Å²) in [5, 5.41) is 3.39. The van der Waals surface area contributed by atoms with Gasteiger partial charge >= 0.3 is 0 Å². The van der Waals surface area contributed by atoms with Gasteiger partial charge in [0.1, 0.15) is 0 Å². The zero-order valence-corrected chi connectivity index (χ0v) is 9.70. The molecule has 2 nitrogen and oxygen atoms in total. The van der Waals surface area contributed by atoms with Gasteiger partial charge in [-0.25, -0.2) is 0 Å². The Balaban J connectivity index is 2.11. The molecule has 0 aliphatic rings. The maximum atomic E-state index is 5.62. The van der Waals surface area contributed by atoms with Crippen molar-refractivity contribution in [3.63, 3.8) is 0 Å². The highest BCUT2D eigenvalue weighted by molar-refractivity contribution is 5.13. The van der Waals surface area contributed by atoms with Gasteiger partial charge in [0.05, 0.1) is 13.2 Å².